The normalized spacial score (nSPS) is 19.1. The van der Waals surface area contributed by atoms with E-state index in [0.717, 1.165) is 32.1 Å². The number of pyridine rings is 1. The summed E-state index contributed by atoms with van der Waals surface area (Å²) in [5, 5.41) is 3.24. The minimum atomic E-state index is -0.0696. The van der Waals surface area contributed by atoms with Crippen LogP contribution in [-0.2, 0) is 4.74 Å². The maximum Gasteiger partial charge on any atom is 0.127 e. The van der Waals surface area contributed by atoms with Gasteiger partial charge in [-0.15, -0.1) is 0 Å². The Labute approximate surface area is 103 Å². The maximum absolute atomic E-state index is 5.72. The molecule has 1 aromatic heterocycles. The van der Waals surface area contributed by atoms with Crippen molar-refractivity contribution in [1.29, 1.82) is 0 Å². The van der Waals surface area contributed by atoms with Crippen molar-refractivity contribution < 1.29 is 4.74 Å². The summed E-state index contributed by atoms with van der Waals surface area (Å²) in [7, 11) is 0. The number of hydrogen-bond acceptors (Lipinski definition) is 4. The van der Waals surface area contributed by atoms with Crippen LogP contribution in [0.1, 0.15) is 20.8 Å². The highest BCUT2D eigenvalue weighted by molar-refractivity contribution is 5.54. The van der Waals surface area contributed by atoms with Gasteiger partial charge in [-0.05, 0) is 26.8 Å². The largest absolute Gasteiger partial charge is 0.372 e. The lowest BCUT2D eigenvalue weighted by molar-refractivity contribution is -0.0276. The Bertz CT molecular complexity index is 379. The molecular weight excluding hydrogens is 214 g/mol. The third kappa shape index (κ3) is 3.09. The second-order valence-electron chi connectivity index (χ2n) is 4.96. The van der Waals surface area contributed by atoms with Crippen LogP contribution in [0.3, 0.4) is 0 Å². The first kappa shape index (κ1) is 12.2. The molecule has 94 valence electrons. The van der Waals surface area contributed by atoms with Crippen LogP contribution < -0.4 is 10.2 Å². The third-order valence-corrected chi connectivity index (χ3v) is 2.89. The second kappa shape index (κ2) is 4.92. The van der Waals surface area contributed by atoms with Crippen LogP contribution in [0.4, 0.5) is 11.5 Å². The highest BCUT2D eigenvalue weighted by atomic mass is 16.5. The van der Waals surface area contributed by atoms with Gasteiger partial charge in [-0.1, -0.05) is 0 Å². The quantitative estimate of drug-likeness (QED) is 0.871. The topological polar surface area (TPSA) is 37.4 Å². The Morgan fingerprint density at radius 1 is 1.53 bits per heavy atom. The van der Waals surface area contributed by atoms with Gasteiger partial charge in [0.25, 0.3) is 0 Å². The van der Waals surface area contributed by atoms with Gasteiger partial charge in [-0.3, -0.25) is 0 Å². The predicted octanol–water partition coefficient (Wildman–Crippen LogP) is 2.13. The van der Waals surface area contributed by atoms with Gasteiger partial charge >= 0.3 is 0 Å². The number of anilines is 2. The highest BCUT2D eigenvalue weighted by Gasteiger charge is 2.27. The lowest BCUT2D eigenvalue weighted by Gasteiger charge is -2.39. The van der Waals surface area contributed by atoms with Gasteiger partial charge in [-0.2, -0.15) is 0 Å². The molecule has 17 heavy (non-hydrogen) atoms. The minimum absolute atomic E-state index is 0.0696. The summed E-state index contributed by atoms with van der Waals surface area (Å²) in [5.74, 6) is 0.939. The monoisotopic (exact) mass is 235 g/mol. The zero-order chi connectivity index (χ0) is 12.3. The van der Waals surface area contributed by atoms with E-state index in [0.29, 0.717) is 0 Å². The molecule has 2 rings (SSSR count). The smallest absolute Gasteiger partial charge is 0.127 e. The van der Waals surface area contributed by atoms with E-state index in [1.54, 1.807) is 0 Å². The van der Waals surface area contributed by atoms with Gasteiger partial charge in [0.05, 0.1) is 12.2 Å². The van der Waals surface area contributed by atoms with Crippen LogP contribution in [0.25, 0.3) is 0 Å². The molecule has 0 bridgehead atoms. The summed E-state index contributed by atoms with van der Waals surface area (Å²) in [6.07, 6.45) is 1.86. The van der Waals surface area contributed by atoms with Crippen molar-refractivity contribution in [3.63, 3.8) is 0 Å². The average molecular weight is 235 g/mol. The number of ether oxygens (including phenoxy) is 1. The minimum Gasteiger partial charge on any atom is -0.372 e. The van der Waals surface area contributed by atoms with Crippen molar-refractivity contribution in [2.75, 3.05) is 36.5 Å². The molecule has 0 unspecified atom stereocenters. The first-order chi connectivity index (χ1) is 8.11. The third-order valence-electron chi connectivity index (χ3n) is 2.89. The standard InChI is InChI=1S/C13H21N3O/c1-4-14-12-9-11(5-6-15-12)16-7-8-17-13(2,3)10-16/h5-6,9H,4,7-8,10H2,1-3H3,(H,14,15). The van der Waals surface area contributed by atoms with E-state index in [4.69, 9.17) is 4.74 Å². The summed E-state index contributed by atoms with van der Waals surface area (Å²) in [6, 6.07) is 4.16. The first-order valence-electron chi connectivity index (χ1n) is 6.19. The van der Waals surface area contributed by atoms with Gasteiger partial charge < -0.3 is 15.0 Å². The fraction of sp³-hybridized carbons (Fsp3) is 0.615. The Balaban J connectivity index is 2.13. The van der Waals surface area contributed by atoms with Gasteiger partial charge in [0.1, 0.15) is 5.82 Å². The lowest BCUT2D eigenvalue weighted by atomic mass is 10.1. The number of nitrogens with one attached hydrogen (secondary N) is 1. The van der Waals surface area contributed by atoms with E-state index in [1.165, 1.54) is 5.69 Å². The SMILES string of the molecule is CCNc1cc(N2CCOC(C)(C)C2)ccn1. The van der Waals surface area contributed by atoms with Crippen molar-refractivity contribution >= 4 is 11.5 Å². The van der Waals surface area contributed by atoms with Crippen LogP contribution in [0, 0.1) is 0 Å². The Kier molecular flexibility index (Phi) is 3.52. The van der Waals surface area contributed by atoms with Crippen LogP contribution >= 0.6 is 0 Å². The molecule has 1 saturated heterocycles. The van der Waals surface area contributed by atoms with E-state index in [2.05, 4.69) is 48.1 Å². The zero-order valence-electron chi connectivity index (χ0n) is 10.9. The lowest BCUT2D eigenvalue weighted by Crippen LogP contribution is -2.48. The van der Waals surface area contributed by atoms with Gasteiger partial charge in [0.2, 0.25) is 0 Å². The Morgan fingerprint density at radius 2 is 2.35 bits per heavy atom. The van der Waals surface area contributed by atoms with E-state index in [-0.39, 0.29) is 5.60 Å². The van der Waals surface area contributed by atoms with Gasteiger partial charge in [0.15, 0.2) is 0 Å². The maximum atomic E-state index is 5.72. The summed E-state index contributed by atoms with van der Waals surface area (Å²) < 4.78 is 5.72. The molecule has 0 amide bonds. The molecule has 4 nitrogen and oxygen atoms in total. The number of morpholine rings is 1. The summed E-state index contributed by atoms with van der Waals surface area (Å²) in [5.41, 5.74) is 1.15. The number of hydrogen-bond donors (Lipinski definition) is 1. The second-order valence-corrected chi connectivity index (χ2v) is 4.96. The molecule has 1 fully saturated rings. The van der Waals surface area contributed by atoms with Crippen molar-refractivity contribution in [3.05, 3.63) is 18.3 Å². The predicted molar refractivity (Wildman–Crippen MR) is 70.6 cm³/mol. The molecule has 1 aliphatic heterocycles. The molecule has 0 aromatic carbocycles. The summed E-state index contributed by atoms with van der Waals surface area (Å²) in [4.78, 5) is 6.64. The van der Waals surface area contributed by atoms with Crippen LogP contribution in [0.15, 0.2) is 18.3 Å². The molecule has 0 saturated carbocycles. The van der Waals surface area contributed by atoms with Crippen LogP contribution in [0.5, 0.6) is 0 Å². The average Bonchev–Trinajstić information content (AvgIpc) is 2.28. The van der Waals surface area contributed by atoms with Gasteiger partial charge in [0, 0.05) is 37.6 Å². The van der Waals surface area contributed by atoms with Crippen molar-refractivity contribution in [1.82, 2.24) is 4.98 Å². The number of nitrogens with zero attached hydrogens (tertiary/aromatic N) is 2. The first-order valence-corrected chi connectivity index (χ1v) is 6.19. The van der Waals surface area contributed by atoms with E-state index < -0.39 is 0 Å². The molecule has 4 heteroatoms. The molecule has 0 spiro atoms. The molecular formula is C13H21N3O. The van der Waals surface area contributed by atoms with E-state index >= 15 is 0 Å². The van der Waals surface area contributed by atoms with Crippen molar-refractivity contribution in [2.45, 2.75) is 26.4 Å². The van der Waals surface area contributed by atoms with E-state index in [1.807, 2.05) is 6.20 Å². The molecule has 1 aliphatic rings. The number of aromatic nitrogens is 1. The Hall–Kier alpha value is -1.29. The summed E-state index contributed by atoms with van der Waals surface area (Å²) >= 11 is 0. The molecule has 2 heterocycles. The van der Waals surface area contributed by atoms with Gasteiger partial charge in [-0.25, -0.2) is 4.98 Å². The molecule has 0 atom stereocenters. The fourth-order valence-corrected chi connectivity index (χ4v) is 2.13. The molecule has 1 aromatic rings. The Morgan fingerprint density at radius 3 is 3.06 bits per heavy atom. The fourth-order valence-electron chi connectivity index (χ4n) is 2.13. The summed E-state index contributed by atoms with van der Waals surface area (Å²) in [6.45, 7) is 9.88. The zero-order valence-corrected chi connectivity index (χ0v) is 10.9. The molecule has 0 radical (unpaired) electrons. The highest BCUT2D eigenvalue weighted by Crippen LogP contribution is 2.24. The van der Waals surface area contributed by atoms with Crippen molar-refractivity contribution in [2.24, 2.45) is 0 Å². The van der Waals surface area contributed by atoms with Crippen molar-refractivity contribution in [3.8, 4) is 0 Å². The van der Waals surface area contributed by atoms with Crippen LogP contribution in [-0.4, -0.2) is 36.8 Å². The number of rotatable bonds is 3. The molecule has 0 aliphatic carbocycles. The van der Waals surface area contributed by atoms with Crippen LogP contribution in [0.2, 0.25) is 0 Å². The molecule has 1 N–H and O–H groups in total. The van der Waals surface area contributed by atoms with E-state index in [9.17, 15) is 0 Å².